The number of amides is 1. The molecule has 2 heterocycles. The highest BCUT2D eigenvalue weighted by atomic mass is 16.7. The molecule has 1 amide bonds. The number of fused-ring (bicyclic) bond motifs is 2. The first-order chi connectivity index (χ1) is 12.9. The zero-order chi connectivity index (χ0) is 19.0. The van der Waals surface area contributed by atoms with Crippen LogP contribution in [0, 0.1) is 11.8 Å². The molecule has 0 spiro atoms. The van der Waals surface area contributed by atoms with Crippen LogP contribution in [0.4, 0.5) is 4.79 Å². The summed E-state index contributed by atoms with van der Waals surface area (Å²) in [5.74, 6) is 0.877. The lowest BCUT2D eigenvalue weighted by molar-refractivity contribution is -0.214. The lowest BCUT2D eigenvalue weighted by atomic mass is 9.64. The van der Waals surface area contributed by atoms with Gasteiger partial charge in [-0.1, -0.05) is 69.7 Å². The van der Waals surface area contributed by atoms with E-state index in [0.29, 0.717) is 11.8 Å². The van der Waals surface area contributed by atoms with Crippen molar-refractivity contribution in [3.63, 3.8) is 0 Å². The van der Waals surface area contributed by atoms with Crippen molar-refractivity contribution in [3.05, 3.63) is 48.0 Å². The van der Waals surface area contributed by atoms with Crippen LogP contribution in [0.1, 0.15) is 58.4 Å². The normalized spacial score (nSPS) is 33.1. The van der Waals surface area contributed by atoms with Crippen LogP contribution in [-0.4, -0.2) is 29.4 Å². The van der Waals surface area contributed by atoms with Gasteiger partial charge < -0.3 is 4.74 Å². The van der Waals surface area contributed by atoms with E-state index in [1.807, 2.05) is 0 Å². The maximum atomic E-state index is 12.9. The standard InChI is InChI=1S/C23H31NO3/c1-16-9-14-20(23(2,3)17-7-5-4-6-8-17)21(15-16)26-22(25)24-18-10-12-19(27-24)13-11-18/h4-8,10,12,16,18-21H,9,11,13-15H2,1-3H3/t16-,18-,19+,20-,21-/m1/s1. The molecule has 1 aromatic carbocycles. The van der Waals surface area contributed by atoms with E-state index in [2.05, 4.69) is 63.3 Å². The Morgan fingerprint density at radius 1 is 1.11 bits per heavy atom. The predicted molar refractivity (Wildman–Crippen MR) is 105 cm³/mol. The highest BCUT2D eigenvalue weighted by molar-refractivity contribution is 5.67. The number of rotatable bonds is 3. The van der Waals surface area contributed by atoms with Crippen molar-refractivity contribution in [1.29, 1.82) is 0 Å². The quantitative estimate of drug-likeness (QED) is 0.684. The topological polar surface area (TPSA) is 38.8 Å². The van der Waals surface area contributed by atoms with E-state index >= 15 is 0 Å². The smallest absolute Gasteiger partial charge is 0.434 e. The number of carbonyl (C=O) groups is 1. The Morgan fingerprint density at radius 2 is 1.89 bits per heavy atom. The van der Waals surface area contributed by atoms with Crippen molar-refractivity contribution in [2.24, 2.45) is 11.8 Å². The molecule has 4 nitrogen and oxygen atoms in total. The van der Waals surface area contributed by atoms with Crippen molar-refractivity contribution >= 4 is 6.09 Å². The van der Waals surface area contributed by atoms with Crippen LogP contribution in [-0.2, 0) is 15.0 Å². The third-order valence-electron chi connectivity index (χ3n) is 6.78. The zero-order valence-electron chi connectivity index (χ0n) is 16.6. The molecular weight excluding hydrogens is 338 g/mol. The van der Waals surface area contributed by atoms with Crippen LogP contribution in [0.3, 0.4) is 0 Å². The monoisotopic (exact) mass is 369 g/mol. The Labute approximate surface area is 162 Å². The third-order valence-corrected chi connectivity index (χ3v) is 6.78. The Kier molecular flexibility index (Phi) is 5.02. The SMILES string of the molecule is C[C@@H]1CC[C@@H](C(C)(C)c2ccccc2)[C@H](OC(=O)N2O[C@H]3C=C[C@@H]2CC3)C1. The van der Waals surface area contributed by atoms with Gasteiger partial charge in [0.05, 0.1) is 6.04 Å². The summed E-state index contributed by atoms with van der Waals surface area (Å²) < 4.78 is 6.10. The maximum Gasteiger partial charge on any atom is 0.434 e. The van der Waals surface area contributed by atoms with E-state index < -0.39 is 0 Å². The number of nitrogens with zero attached hydrogens (tertiary/aromatic N) is 1. The molecule has 1 saturated carbocycles. The second-order valence-corrected chi connectivity index (χ2v) is 9.03. The van der Waals surface area contributed by atoms with Gasteiger partial charge in [-0.05, 0) is 42.6 Å². The zero-order valence-corrected chi connectivity index (χ0v) is 16.6. The third kappa shape index (κ3) is 3.64. The van der Waals surface area contributed by atoms with Gasteiger partial charge in [-0.3, -0.25) is 4.84 Å². The molecule has 2 fully saturated rings. The molecule has 1 aromatic rings. The Morgan fingerprint density at radius 3 is 2.52 bits per heavy atom. The number of hydroxylamine groups is 2. The number of hydrogen-bond donors (Lipinski definition) is 0. The number of benzene rings is 1. The fourth-order valence-electron chi connectivity index (χ4n) is 5.01. The van der Waals surface area contributed by atoms with E-state index in [9.17, 15) is 4.79 Å². The molecule has 4 aliphatic rings. The van der Waals surface area contributed by atoms with Crippen LogP contribution in [0.2, 0.25) is 0 Å². The average molecular weight is 370 g/mol. The first-order valence-electron chi connectivity index (χ1n) is 10.4. The minimum absolute atomic E-state index is 0.0177. The summed E-state index contributed by atoms with van der Waals surface area (Å²) in [7, 11) is 0. The van der Waals surface area contributed by atoms with Crippen molar-refractivity contribution in [3.8, 4) is 0 Å². The lowest BCUT2D eigenvalue weighted by Gasteiger charge is -2.45. The summed E-state index contributed by atoms with van der Waals surface area (Å²) in [6.45, 7) is 6.83. The van der Waals surface area contributed by atoms with Gasteiger partial charge in [-0.2, -0.15) is 5.06 Å². The van der Waals surface area contributed by atoms with Crippen LogP contribution >= 0.6 is 0 Å². The Bertz CT molecular complexity index is 699. The van der Waals surface area contributed by atoms with E-state index in [-0.39, 0.29) is 29.8 Å². The molecule has 0 unspecified atom stereocenters. The largest absolute Gasteiger partial charge is 0.444 e. The van der Waals surface area contributed by atoms with E-state index in [1.165, 1.54) is 17.0 Å². The van der Waals surface area contributed by atoms with Crippen molar-refractivity contribution in [1.82, 2.24) is 5.06 Å². The average Bonchev–Trinajstić information content (AvgIpc) is 2.69. The summed E-state index contributed by atoms with van der Waals surface area (Å²) in [5, 5.41) is 1.47. The number of ether oxygens (including phenoxy) is 1. The molecule has 2 aliphatic heterocycles. The molecule has 0 N–H and O–H groups in total. The number of hydrogen-bond acceptors (Lipinski definition) is 3. The molecule has 27 heavy (non-hydrogen) atoms. The first-order valence-corrected chi connectivity index (χ1v) is 10.4. The minimum Gasteiger partial charge on any atom is -0.444 e. The van der Waals surface area contributed by atoms with Gasteiger partial charge >= 0.3 is 6.09 Å². The van der Waals surface area contributed by atoms with Crippen LogP contribution in [0.15, 0.2) is 42.5 Å². The summed E-state index contributed by atoms with van der Waals surface area (Å²) in [4.78, 5) is 18.7. The molecule has 2 aliphatic carbocycles. The summed E-state index contributed by atoms with van der Waals surface area (Å²) in [6, 6.07) is 10.6. The second-order valence-electron chi connectivity index (χ2n) is 9.03. The predicted octanol–water partition coefficient (Wildman–Crippen LogP) is 5.24. The molecule has 1 saturated heterocycles. The fraction of sp³-hybridized carbons (Fsp3) is 0.609. The van der Waals surface area contributed by atoms with Gasteiger partial charge in [-0.15, -0.1) is 0 Å². The molecule has 146 valence electrons. The van der Waals surface area contributed by atoms with E-state index in [0.717, 1.165) is 25.7 Å². The molecule has 2 bridgehead atoms. The van der Waals surface area contributed by atoms with Crippen LogP contribution in [0.5, 0.6) is 0 Å². The van der Waals surface area contributed by atoms with Crippen molar-refractivity contribution in [2.45, 2.75) is 76.5 Å². The highest BCUT2D eigenvalue weighted by Gasteiger charge is 2.44. The summed E-state index contributed by atoms with van der Waals surface area (Å²) in [6.07, 6.45) is 8.87. The van der Waals surface area contributed by atoms with Crippen molar-refractivity contribution in [2.75, 3.05) is 0 Å². The van der Waals surface area contributed by atoms with Gasteiger partial charge in [0, 0.05) is 5.92 Å². The molecule has 4 heteroatoms. The highest BCUT2D eigenvalue weighted by Crippen LogP contribution is 2.44. The molecule has 0 radical (unpaired) electrons. The molecular formula is C23H31NO3. The van der Waals surface area contributed by atoms with Gasteiger partial charge in [0.2, 0.25) is 0 Å². The van der Waals surface area contributed by atoms with Gasteiger partial charge in [0.25, 0.3) is 0 Å². The molecule has 5 rings (SSSR count). The lowest BCUT2D eigenvalue weighted by Crippen LogP contribution is -2.51. The fourth-order valence-corrected chi connectivity index (χ4v) is 5.01. The minimum atomic E-state index is -0.318. The second kappa shape index (κ2) is 7.31. The van der Waals surface area contributed by atoms with Gasteiger partial charge in [0.1, 0.15) is 12.2 Å². The summed E-state index contributed by atoms with van der Waals surface area (Å²) >= 11 is 0. The summed E-state index contributed by atoms with van der Waals surface area (Å²) in [5.41, 5.74) is 1.26. The van der Waals surface area contributed by atoms with E-state index in [1.54, 1.807) is 0 Å². The number of carbonyl (C=O) groups excluding carboxylic acids is 1. The Hall–Kier alpha value is -1.81. The van der Waals surface area contributed by atoms with Crippen LogP contribution < -0.4 is 0 Å². The molecule has 5 atom stereocenters. The van der Waals surface area contributed by atoms with E-state index in [4.69, 9.17) is 9.57 Å². The molecule has 0 aromatic heterocycles. The van der Waals surface area contributed by atoms with Gasteiger partial charge in [-0.25, -0.2) is 4.79 Å². The first kappa shape index (κ1) is 18.5. The maximum absolute atomic E-state index is 12.9. The Balaban J connectivity index is 1.52. The van der Waals surface area contributed by atoms with Crippen LogP contribution in [0.25, 0.3) is 0 Å². The van der Waals surface area contributed by atoms with Gasteiger partial charge in [0.15, 0.2) is 0 Å². The van der Waals surface area contributed by atoms with Crippen molar-refractivity contribution < 1.29 is 14.4 Å².